The minimum atomic E-state index is -0.356. The highest BCUT2D eigenvalue weighted by molar-refractivity contribution is 6.03. The normalized spacial score (nSPS) is 10.6. The molecule has 0 fully saturated rings. The Hall–Kier alpha value is -4.01. The maximum Gasteiger partial charge on any atom is 0.259 e. The van der Waals surface area contributed by atoms with Crippen molar-refractivity contribution < 1.29 is 9.53 Å². The first-order valence-corrected chi connectivity index (χ1v) is 8.06. The maximum absolute atomic E-state index is 12.4. The lowest BCUT2D eigenvalue weighted by Crippen LogP contribution is -2.13. The molecule has 9 nitrogen and oxygen atoms in total. The van der Waals surface area contributed by atoms with Crippen LogP contribution in [0.1, 0.15) is 10.4 Å². The molecule has 0 aliphatic rings. The predicted octanol–water partition coefficient (Wildman–Crippen LogP) is 2.31. The van der Waals surface area contributed by atoms with Crippen molar-refractivity contribution in [2.75, 3.05) is 12.4 Å². The molecule has 0 atom stereocenters. The molecule has 27 heavy (non-hydrogen) atoms. The van der Waals surface area contributed by atoms with Crippen molar-refractivity contribution in [3.63, 3.8) is 0 Å². The Morgan fingerprint density at radius 3 is 2.85 bits per heavy atom. The average molecular weight is 361 g/mol. The molecule has 0 aliphatic carbocycles. The second kappa shape index (κ2) is 7.08. The number of benzene rings is 1. The standard InChI is InChI=1S/C18H15N7O2/c1-27-14-5-3-2-4-13(14)16-21-18(24-23-16)22-17(26)12-6-7-15(20-10-12)25-9-8-19-11-25/h2-11H,1H3,(H2,21,22,23,24,26). The third kappa shape index (κ3) is 3.38. The van der Waals surface area contributed by atoms with Gasteiger partial charge in [0.1, 0.15) is 17.9 Å². The van der Waals surface area contributed by atoms with Gasteiger partial charge in [-0.3, -0.25) is 19.8 Å². The van der Waals surface area contributed by atoms with Gasteiger partial charge in [0.15, 0.2) is 5.82 Å². The summed E-state index contributed by atoms with van der Waals surface area (Å²) in [5.41, 5.74) is 1.14. The van der Waals surface area contributed by atoms with Gasteiger partial charge in [-0.25, -0.2) is 9.97 Å². The van der Waals surface area contributed by atoms with Gasteiger partial charge >= 0.3 is 0 Å². The Bertz CT molecular complexity index is 1060. The number of hydrogen-bond acceptors (Lipinski definition) is 6. The number of anilines is 1. The van der Waals surface area contributed by atoms with Gasteiger partial charge in [-0.1, -0.05) is 12.1 Å². The van der Waals surface area contributed by atoms with Crippen LogP contribution in [-0.2, 0) is 0 Å². The quantitative estimate of drug-likeness (QED) is 0.564. The van der Waals surface area contributed by atoms with Crippen molar-refractivity contribution in [2.45, 2.75) is 0 Å². The Morgan fingerprint density at radius 1 is 1.22 bits per heavy atom. The summed E-state index contributed by atoms with van der Waals surface area (Å²) in [6.45, 7) is 0. The number of nitrogens with one attached hydrogen (secondary N) is 2. The van der Waals surface area contributed by atoms with Crippen LogP contribution in [0.25, 0.3) is 17.2 Å². The molecular weight excluding hydrogens is 346 g/mol. The first-order chi connectivity index (χ1) is 13.2. The number of pyridine rings is 1. The molecule has 0 saturated carbocycles. The molecule has 3 aromatic heterocycles. The van der Waals surface area contributed by atoms with Gasteiger partial charge in [0.05, 0.1) is 18.2 Å². The minimum absolute atomic E-state index is 0.166. The van der Waals surface area contributed by atoms with E-state index < -0.39 is 0 Å². The number of carbonyl (C=O) groups excluding carboxylic acids is 1. The molecule has 1 amide bonds. The molecule has 4 rings (SSSR count). The highest BCUT2D eigenvalue weighted by Crippen LogP contribution is 2.27. The van der Waals surface area contributed by atoms with E-state index in [-0.39, 0.29) is 11.9 Å². The fourth-order valence-corrected chi connectivity index (χ4v) is 2.52. The second-order valence-electron chi connectivity index (χ2n) is 5.54. The molecule has 0 saturated heterocycles. The Kier molecular flexibility index (Phi) is 4.32. The molecule has 4 aromatic rings. The zero-order valence-electron chi connectivity index (χ0n) is 14.3. The summed E-state index contributed by atoms with van der Waals surface area (Å²) < 4.78 is 7.06. The van der Waals surface area contributed by atoms with Crippen LogP contribution in [0, 0.1) is 0 Å². The largest absolute Gasteiger partial charge is 0.496 e. The summed E-state index contributed by atoms with van der Waals surface area (Å²) >= 11 is 0. The number of methoxy groups -OCH3 is 1. The number of para-hydroxylation sites is 1. The van der Waals surface area contributed by atoms with Crippen molar-refractivity contribution in [3.05, 3.63) is 66.9 Å². The SMILES string of the molecule is COc1ccccc1-c1nc(NC(=O)c2ccc(-n3ccnc3)nc2)n[nH]1. The number of rotatable bonds is 5. The number of carbonyl (C=O) groups is 1. The van der Waals surface area contributed by atoms with Crippen LogP contribution in [0.2, 0.25) is 0 Å². The third-order valence-corrected chi connectivity index (χ3v) is 3.85. The number of hydrogen-bond donors (Lipinski definition) is 2. The van der Waals surface area contributed by atoms with Crippen molar-refractivity contribution in [3.8, 4) is 23.0 Å². The van der Waals surface area contributed by atoms with Crippen LogP contribution in [0.5, 0.6) is 5.75 Å². The fraction of sp³-hybridized carbons (Fsp3) is 0.0556. The lowest BCUT2D eigenvalue weighted by atomic mass is 10.2. The van der Waals surface area contributed by atoms with E-state index in [0.29, 0.717) is 23.0 Å². The molecular formula is C18H15N7O2. The van der Waals surface area contributed by atoms with Crippen molar-refractivity contribution in [1.29, 1.82) is 0 Å². The van der Waals surface area contributed by atoms with E-state index in [0.717, 1.165) is 5.56 Å². The summed E-state index contributed by atoms with van der Waals surface area (Å²) in [6.07, 6.45) is 6.55. The topological polar surface area (TPSA) is 111 Å². The molecule has 0 spiro atoms. The molecule has 134 valence electrons. The van der Waals surface area contributed by atoms with E-state index in [4.69, 9.17) is 4.74 Å². The van der Waals surface area contributed by atoms with Crippen molar-refractivity contribution >= 4 is 11.9 Å². The second-order valence-corrected chi connectivity index (χ2v) is 5.54. The number of ether oxygens (including phenoxy) is 1. The van der Waals surface area contributed by atoms with E-state index in [9.17, 15) is 4.79 Å². The van der Waals surface area contributed by atoms with Crippen molar-refractivity contribution in [1.82, 2.24) is 29.7 Å². The van der Waals surface area contributed by atoms with Gasteiger partial charge in [0, 0.05) is 18.6 Å². The van der Waals surface area contributed by atoms with Gasteiger partial charge in [-0.05, 0) is 24.3 Å². The molecule has 3 heterocycles. The zero-order valence-corrected chi connectivity index (χ0v) is 14.3. The molecule has 0 radical (unpaired) electrons. The number of H-pyrrole nitrogens is 1. The molecule has 0 unspecified atom stereocenters. The van der Waals surface area contributed by atoms with Crippen LogP contribution in [0.3, 0.4) is 0 Å². The number of imidazole rings is 1. The zero-order chi connectivity index (χ0) is 18.6. The van der Waals surface area contributed by atoms with Gasteiger partial charge in [0.25, 0.3) is 5.91 Å². The summed E-state index contributed by atoms with van der Waals surface area (Å²) in [4.78, 5) is 24.9. The fourth-order valence-electron chi connectivity index (χ4n) is 2.52. The Labute approximate surface area is 154 Å². The van der Waals surface area contributed by atoms with Crippen LogP contribution in [0.15, 0.2) is 61.3 Å². The van der Waals surface area contributed by atoms with Gasteiger partial charge in [-0.15, -0.1) is 5.10 Å². The number of aromatic amines is 1. The number of amides is 1. The van der Waals surface area contributed by atoms with Gasteiger partial charge in [0.2, 0.25) is 5.95 Å². The van der Waals surface area contributed by atoms with Crippen molar-refractivity contribution in [2.24, 2.45) is 0 Å². The highest BCUT2D eigenvalue weighted by Gasteiger charge is 2.13. The van der Waals surface area contributed by atoms with Gasteiger partial charge in [-0.2, -0.15) is 4.98 Å². The number of aromatic nitrogens is 6. The molecule has 2 N–H and O–H groups in total. The number of nitrogens with zero attached hydrogens (tertiary/aromatic N) is 5. The lowest BCUT2D eigenvalue weighted by Gasteiger charge is -2.04. The average Bonchev–Trinajstić information content (AvgIpc) is 3.40. The van der Waals surface area contributed by atoms with Crippen LogP contribution in [-0.4, -0.2) is 42.7 Å². The Balaban J connectivity index is 1.50. The first kappa shape index (κ1) is 16.5. The minimum Gasteiger partial charge on any atom is -0.496 e. The summed E-state index contributed by atoms with van der Waals surface area (Å²) in [5.74, 6) is 1.63. The monoisotopic (exact) mass is 361 g/mol. The lowest BCUT2D eigenvalue weighted by molar-refractivity contribution is 0.102. The first-order valence-electron chi connectivity index (χ1n) is 8.06. The Morgan fingerprint density at radius 2 is 2.11 bits per heavy atom. The highest BCUT2D eigenvalue weighted by atomic mass is 16.5. The van der Waals surface area contributed by atoms with E-state index in [2.05, 4.69) is 30.5 Å². The van der Waals surface area contributed by atoms with Crippen LogP contribution in [0.4, 0.5) is 5.95 Å². The van der Waals surface area contributed by atoms with E-state index in [1.165, 1.54) is 6.20 Å². The smallest absolute Gasteiger partial charge is 0.259 e. The summed E-state index contributed by atoms with van der Waals surface area (Å²) in [5, 5.41) is 9.48. The molecule has 0 aliphatic heterocycles. The van der Waals surface area contributed by atoms with E-state index in [1.807, 2.05) is 24.3 Å². The summed E-state index contributed by atoms with van der Waals surface area (Å²) in [7, 11) is 1.58. The predicted molar refractivity (Wildman–Crippen MR) is 97.7 cm³/mol. The molecule has 9 heteroatoms. The van der Waals surface area contributed by atoms with E-state index in [1.54, 1.807) is 42.5 Å². The van der Waals surface area contributed by atoms with E-state index >= 15 is 0 Å². The van der Waals surface area contributed by atoms with Crippen LogP contribution >= 0.6 is 0 Å². The summed E-state index contributed by atoms with van der Waals surface area (Å²) in [6, 6.07) is 10.8. The molecule has 0 bridgehead atoms. The van der Waals surface area contributed by atoms with Gasteiger partial charge < -0.3 is 4.74 Å². The maximum atomic E-state index is 12.4. The van der Waals surface area contributed by atoms with Crippen LogP contribution < -0.4 is 10.1 Å². The third-order valence-electron chi connectivity index (χ3n) is 3.85. The molecule has 1 aromatic carbocycles.